The number of halogens is 1. The first-order valence-corrected chi connectivity index (χ1v) is 7.49. The topological polar surface area (TPSA) is 72.2 Å². The molecule has 0 unspecified atom stereocenters. The lowest BCUT2D eigenvalue weighted by molar-refractivity contribution is -0.384. The molecule has 0 aliphatic heterocycles. The highest BCUT2D eigenvalue weighted by atomic mass is 35.5. The highest BCUT2D eigenvalue weighted by Gasteiger charge is 2.18. The molecule has 0 aliphatic rings. The summed E-state index contributed by atoms with van der Waals surface area (Å²) in [5.41, 5.74) is 3.23. The Bertz CT molecular complexity index is 774. The lowest BCUT2D eigenvalue weighted by Gasteiger charge is -2.16. The highest BCUT2D eigenvalue weighted by molar-refractivity contribution is 6.32. The van der Waals surface area contributed by atoms with Crippen LogP contribution in [0.3, 0.4) is 0 Å². The molecule has 0 saturated carbocycles. The van der Waals surface area contributed by atoms with Crippen LogP contribution in [-0.2, 0) is 0 Å². The molecular formula is C17H17ClN2O3. The first-order valence-electron chi connectivity index (χ1n) is 7.11. The standard InChI is InChI=1S/C17H17ClN2O3/c1-10-4-5-13(8-11(10)2)12(3)19-17(21)14-6-7-15(18)16(9-14)20(22)23/h4-9,12H,1-3H3,(H,19,21)/t12-/m1/s1. The SMILES string of the molecule is Cc1ccc([C@@H](C)NC(=O)c2ccc(Cl)c([N+](=O)[O-])c2)cc1C. The smallest absolute Gasteiger partial charge is 0.288 e. The molecule has 6 heteroatoms. The van der Waals surface area contributed by atoms with Crippen LogP contribution in [0.2, 0.25) is 5.02 Å². The predicted octanol–water partition coefficient (Wildman–Crippen LogP) is 4.36. The third kappa shape index (κ3) is 3.87. The predicted molar refractivity (Wildman–Crippen MR) is 89.9 cm³/mol. The van der Waals surface area contributed by atoms with Crippen molar-refractivity contribution < 1.29 is 9.72 Å². The monoisotopic (exact) mass is 332 g/mol. The molecular weight excluding hydrogens is 316 g/mol. The summed E-state index contributed by atoms with van der Waals surface area (Å²) >= 11 is 5.76. The Hall–Kier alpha value is -2.40. The summed E-state index contributed by atoms with van der Waals surface area (Å²) in [5.74, 6) is -0.379. The fraction of sp³-hybridized carbons (Fsp3) is 0.235. The zero-order valence-corrected chi connectivity index (χ0v) is 13.8. The summed E-state index contributed by atoms with van der Waals surface area (Å²) in [7, 11) is 0. The molecule has 2 aromatic carbocycles. The van der Waals surface area contributed by atoms with E-state index >= 15 is 0 Å². The van der Waals surface area contributed by atoms with Crippen molar-refractivity contribution >= 4 is 23.2 Å². The number of nitro benzene ring substituents is 1. The van der Waals surface area contributed by atoms with Crippen LogP contribution in [-0.4, -0.2) is 10.8 Å². The van der Waals surface area contributed by atoms with Gasteiger partial charge in [-0.2, -0.15) is 0 Å². The molecule has 1 amide bonds. The van der Waals surface area contributed by atoms with Crippen LogP contribution in [0.1, 0.15) is 40.0 Å². The van der Waals surface area contributed by atoms with E-state index in [-0.39, 0.29) is 28.2 Å². The summed E-state index contributed by atoms with van der Waals surface area (Å²) < 4.78 is 0. The largest absolute Gasteiger partial charge is 0.346 e. The lowest BCUT2D eigenvalue weighted by atomic mass is 10.0. The summed E-state index contributed by atoms with van der Waals surface area (Å²) in [6.45, 7) is 5.90. The number of hydrogen-bond acceptors (Lipinski definition) is 3. The molecule has 23 heavy (non-hydrogen) atoms. The van der Waals surface area contributed by atoms with E-state index < -0.39 is 4.92 Å². The minimum atomic E-state index is -0.605. The zero-order chi connectivity index (χ0) is 17.1. The van der Waals surface area contributed by atoms with Gasteiger partial charge < -0.3 is 5.32 Å². The third-order valence-corrected chi connectivity index (χ3v) is 4.10. The van der Waals surface area contributed by atoms with Crippen LogP contribution in [0.5, 0.6) is 0 Å². The molecule has 0 radical (unpaired) electrons. The van der Waals surface area contributed by atoms with E-state index in [2.05, 4.69) is 5.32 Å². The summed E-state index contributed by atoms with van der Waals surface area (Å²) in [6.07, 6.45) is 0. The number of rotatable bonds is 4. The van der Waals surface area contributed by atoms with Crippen molar-refractivity contribution in [2.24, 2.45) is 0 Å². The van der Waals surface area contributed by atoms with E-state index in [1.165, 1.54) is 23.8 Å². The Balaban J connectivity index is 2.19. The Morgan fingerprint density at radius 2 is 1.87 bits per heavy atom. The van der Waals surface area contributed by atoms with Gasteiger partial charge in [-0.3, -0.25) is 14.9 Å². The minimum absolute atomic E-state index is 0.00811. The van der Waals surface area contributed by atoms with Crippen molar-refractivity contribution in [3.05, 3.63) is 73.8 Å². The van der Waals surface area contributed by atoms with Gasteiger partial charge in [-0.25, -0.2) is 0 Å². The van der Waals surface area contributed by atoms with Crippen molar-refractivity contribution in [1.29, 1.82) is 0 Å². The first-order chi connectivity index (χ1) is 10.8. The molecule has 0 saturated heterocycles. The Morgan fingerprint density at radius 3 is 2.48 bits per heavy atom. The van der Waals surface area contributed by atoms with Gasteiger partial charge in [0.25, 0.3) is 11.6 Å². The van der Waals surface area contributed by atoms with Crippen LogP contribution in [0.15, 0.2) is 36.4 Å². The van der Waals surface area contributed by atoms with E-state index in [4.69, 9.17) is 11.6 Å². The third-order valence-electron chi connectivity index (χ3n) is 3.78. The number of aryl methyl sites for hydroxylation is 2. The molecule has 5 nitrogen and oxygen atoms in total. The van der Waals surface area contributed by atoms with Gasteiger partial charge in [0.15, 0.2) is 0 Å². The number of benzene rings is 2. The van der Waals surface area contributed by atoms with Gasteiger partial charge in [0.05, 0.1) is 11.0 Å². The Labute approximate surface area is 139 Å². The maximum atomic E-state index is 12.3. The van der Waals surface area contributed by atoms with Crippen LogP contribution < -0.4 is 5.32 Å². The minimum Gasteiger partial charge on any atom is -0.346 e. The van der Waals surface area contributed by atoms with Crippen LogP contribution >= 0.6 is 11.6 Å². The molecule has 0 aromatic heterocycles. The molecule has 0 aliphatic carbocycles. The molecule has 1 N–H and O–H groups in total. The van der Waals surface area contributed by atoms with Crippen LogP contribution in [0, 0.1) is 24.0 Å². The van der Waals surface area contributed by atoms with E-state index in [0.29, 0.717) is 0 Å². The van der Waals surface area contributed by atoms with Gasteiger partial charge in [-0.05, 0) is 49.6 Å². The van der Waals surface area contributed by atoms with E-state index in [9.17, 15) is 14.9 Å². The fourth-order valence-corrected chi connectivity index (χ4v) is 2.38. The van der Waals surface area contributed by atoms with Crippen molar-refractivity contribution in [1.82, 2.24) is 5.32 Å². The number of nitrogens with one attached hydrogen (secondary N) is 1. The van der Waals surface area contributed by atoms with Gasteiger partial charge in [0.1, 0.15) is 5.02 Å². The zero-order valence-electron chi connectivity index (χ0n) is 13.1. The Morgan fingerprint density at radius 1 is 1.17 bits per heavy atom. The number of nitro groups is 1. The molecule has 1 atom stereocenters. The molecule has 2 aromatic rings. The lowest BCUT2D eigenvalue weighted by Crippen LogP contribution is -2.26. The summed E-state index contributed by atoms with van der Waals surface area (Å²) in [4.78, 5) is 22.6. The molecule has 2 rings (SSSR count). The molecule has 0 bridgehead atoms. The fourth-order valence-electron chi connectivity index (χ4n) is 2.19. The van der Waals surface area contributed by atoms with Crippen molar-refractivity contribution in [2.45, 2.75) is 26.8 Å². The van der Waals surface area contributed by atoms with Gasteiger partial charge in [0.2, 0.25) is 0 Å². The molecule has 0 fully saturated rings. The highest BCUT2D eigenvalue weighted by Crippen LogP contribution is 2.25. The average molecular weight is 333 g/mol. The van der Waals surface area contributed by atoms with E-state index in [0.717, 1.165) is 11.1 Å². The van der Waals surface area contributed by atoms with Gasteiger partial charge >= 0.3 is 0 Å². The van der Waals surface area contributed by atoms with Gasteiger partial charge in [-0.1, -0.05) is 29.8 Å². The Kier molecular flexibility index (Phi) is 5.01. The number of amides is 1. The maximum Gasteiger partial charge on any atom is 0.288 e. The second kappa shape index (κ2) is 6.79. The quantitative estimate of drug-likeness (QED) is 0.668. The first kappa shape index (κ1) is 17.0. The van der Waals surface area contributed by atoms with Gasteiger partial charge in [0, 0.05) is 11.6 Å². The molecule has 0 heterocycles. The maximum absolute atomic E-state index is 12.3. The normalized spacial score (nSPS) is 11.8. The second-order valence-corrected chi connectivity index (χ2v) is 5.87. The number of carbonyl (C=O) groups excluding carboxylic acids is 1. The van der Waals surface area contributed by atoms with Crippen molar-refractivity contribution in [3.63, 3.8) is 0 Å². The number of carbonyl (C=O) groups is 1. The van der Waals surface area contributed by atoms with Crippen molar-refractivity contribution in [2.75, 3.05) is 0 Å². The second-order valence-electron chi connectivity index (χ2n) is 5.46. The number of hydrogen-bond donors (Lipinski definition) is 1. The van der Waals surface area contributed by atoms with E-state index in [1.54, 1.807) is 0 Å². The molecule has 120 valence electrons. The number of nitrogens with zero attached hydrogens (tertiary/aromatic N) is 1. The van der Waals surface area contributed by atoms with E-state index in [1.807, 2.05) is 39.0 Å². The van der Waals surface area contributed by atoms with Crippen LogP contribution in [0.4, 0.5) is 5.69 Å². The summed E-state index contributed by atoms with van der Waals surface area (Å²) in [6, 6.07) is 9.78. The van der Waals surface area contributed by atoms with Crippen LogP contribution in [0.25, 0.3) is 0 Å². The summed E-state index contributed by atoms with van der Waals surface area (Å²) in [5, 5.41) is 13.7. The van der Waals surface area contributed by atoms with Crippen molar-refractivity contribution in [3.8, 4) is 0 Å². The average Bonchev–Trinajstić information content (AvgIpc) is 2.49. The van der Waals surface area contributed by atoms with Gasteiger partial charge in [-0.15, -0.1) is 0 Å². The molecule has 0 spiro atoms.